The van der Waals surface area contributed by atoms with Gasteiger partial charge < -0.3 is 4.74 Å². The van der Waals surface area contributed by atoms with Crippen LogP contribution in [0.3, 0.4) is 0 Å². The van der Waals surface area contributed by atoms with Crippen molar-refractivity contribution in [3.63, 3.8) is 0 Å². The zero-order valence-electron chi connectivity index (χ0n) is 25.4. The number of hydrogen-bond acceptors (Lipinski definition) is 5. The second-order valence-corrected chi connectivity index (χ2v) is 12.5. The van der Waals surface area contributed by atoms with E-state index < -0.39 is 27.9 Å². The van der Waals surface area contributed by atoms with Crippen molar-refractivity contribution in [1.29, 1.82) is 0 Å². The molecule has 0 saturated carbocycles. The average Bonchev–Trinajstić information content (AvgIpc) is 2.86. The highest BCUT2D eigenvalue weighted by atomic mass is 32.3. The Morgan fingerprint density at radius 3 is 1.37 bits per heavy atom. The molecule has 0 fully saturated rings. The van der Waals surface area contributed by atoms with Gasteiger partial charge in [-0.3, -0.25) is 4.55 Å². The first-order valence-corrected chi connectivity index (χ1v) is 17.4. The molecule has 0 aliphatic heterocycles. The second-order valence-electron chi connectivity index (χ2n) is 11.5. The predicted molar refractivity (Wildman–Crippen MR) is 159 cm³/mol. The first-order valence-electron chi connectivity index (χ1n) is 16.0. The lowest BCUT2D eigenvalue weighted by Gasteiger charge is -2.31. The maximum atomic E-state index is 12.8. The van der Waals surface area contributed by atoms with Crippen LogP contribution in [0.1, 0.15) is 175 Å². The van der Waals surface area contributed by atoms with E-state index in [1.54, 1.807) is 6.92 Å². The molecule has 7 heteroatoms. The average molecular weight is 563 g/mol. The second kappa shape index (κ2) is 24.2. The van der Waals surface area contributed by atoms with Gasteiger partial charge >= 0.3 is 16.4 Å². The molecule has 0 heterocycles. The summed E-state index contributed by atoms with van der Waals surface area (Å²) < 4.78 is 42.6. The monoisotopic (exact) mass is 562 g/mol. The van der Waals surface area contributed by atoms with Crippen molar-refractivity contribution < 1.29 is 26.7 Å². The van der Waals surface area contributed by atoms with Crippen molar-refractivity contribution in [2.24, 2.45) is 5.92 Å². The molecule has 0 aromatic heterocycles. The van der Waals surface area contributed by atoms with Crippen LogP contribution in [-0.2, 0) is 24.1 Å². The Labute approximate surface area is 236 Å². The number of hydrogen-bond donors (Lipinski definition) is 1. The van der Waals surface area contributed by atoms with Gasteiger partial charge in [0.1, 0.15) is 0 Å². The minimum Gasteiger partial charge on any atom is -0.464 e. The van der Waals surface area contributed by atoms with Crippen LogP contribution >= 0.6 is 0 Å². The van der Waals surface area contributed by atoms with Crippen molar-refractivity contribution in [3.05, 3.63) is 0 Å². The molecule has 0 aromatic carbocycles. The van der Waals surface area contributed by atoms with Gasteiger partial charge in [0.2, 0.25) is 0 Å². The van der Waals surface area contributed by atoms with Gasteiger partial charge in [-0.2, -0.15) is 8.42 Å². The van der Waals surface area contributed by atoms with Crippen LogP contribution in [-0.4, -0.2) is 31.1 Å². The Morgan fingerprint density at radius 1 is 0.658 bits per heavy atom. The normalized spacial score (nSPS) is 14.3. The molecule has 0 aliphatic carbocycles. The fraction of sp³-hybridized carbons (Fsp3) is 0.968. The molecule has 0 bridgehead atoms. The summed E-state index contributed by atoms with van der Waals surface area (Å²) in [7, 11) is -4.78. The molecule has 6 nitrogen and oxygen atoms in total. The van der Waals surface area contributed by atoms with Gasteiger partial charge in [0.15, 0.2) is 5.60 Å². The Kier molecular flexibility index (Phi) is 23.7. The largest absolute Gasteiger partial charge is 0.464 e. The Morgan fingerprint density at radius 2 is 1.00 bits per heavy atom. The highest BCUT2D eigenvalue weighted by Crippen LogP contribution is 2.30. The number of carbonyl (C=O) groups excluding carboxylic acids is 1. The highest BCUT2D eigenvalue weighted by Gasteiger charge is 2.45. The molecule has 0 aromatic rings. The standard InChI is InChI=1S/C31H62O6S/c1-5-7-9-11-13-15-16-17-18-19-20-22-24-26-28-36-30(32)31(4,37-38(33,34)35)29(3)27-25-23-21-14-12-10-8-6-2/h29H,5-28H2,1-4H3,(H,33,34,35). The van der Waals surface area contributed by atoms with Crippen LogP contribution in [0.15, 0.2) is 0 Å². The van der Waals surface area contributed by atoms with Crippen LogP contribution in [0.4, 0.5) is 0 Å². The van der Waals surface area contributed by atoms with Gasteiger partial charge in [-0.25, -0.2) is 8.98 Å². The fourth-order valence-electron chi connectivity index (χ4n) is 5.00. The number of unbranched alkanes of at least 4 members (excludes halogenated alkanes) is 20. The molecule has 0 radical (unpaired) electrons. The first-order chi connectivity index (χ1) is 18.2. The molecular weight excluding hydrogens is 500 g/mol. The maximum Gasteiger partial charge on any atom is 0.398 e. The fourth-order valence-corrected chi connectivity index (χ4v) is 5.67. The predicted octanol–water partition coefficient (Wildman–Crippen LogP) is 9.76. The summed E-state index contributed by atoms with van der Waals surface area (Å²) in [6.45, 7) is 7.92. The Bertz CT molecular complexity index is 651. The van der Waals surface area contributed by atoms with E-state index in [1.807, 2.05) is 0 Å². The number of rotatable bonds is 28. The molecule has 0 saturated heterocycles. The van der Waals surface area contributed by atoms with Gasteiger partial charge in [0.05, 0.1) is 6.61 Å². The van der Waals surface area contributed by atoms with E-state index in [-0.39, 0.29) is 6.61 Å². The SMILES string of the molecule is CCCCCCCCCCCCCCCCOC(=O)C(C)(OS(=O)(=O)O)C(C)CCCCCCCCCC. The topological polar surface area (TPSA) is 89.9 Å². The van der Waals surface area contributed by atoms with Crippen LogP contribution in [0.25, 0.3) is 0 Å². The molecule has 2 atom stereocenters. The van der Waals surface area contributed by atoms with Crippen LogP contribution in [0, 0.1) is 5.92 Å². The number of carbonyl (C=O) groups is 1. The van der Waals surface area contributed by atoms with Crippen molar-refractivity contribution in [2.75, 3.05) is 6.61 Å². The highest BCUT2D eigenvalue weighted by molar-refractivity contribution is 7.81. The minimum atomic E-state index is -4.78. The summed E-state index contributed by atoms with van der Waals surface area (Å²) in [4.78, 5) is 12.8. The van der Waals surface area contributed by atoms with E-state index in [1.165, 1.54) is 110 Å². The van der Waals surface area contributed by atoms with E-state index >= 15 is 0 Å². The van der Waals surface area contributed by atoms with E-state index in [9.17, 15) is 17.8 Å². The van der Waals surface area contributed by atoms with Crippen LogP contribution in [0.5, 0.6) is 0 Å². The van der Waals surface area contributed by atoms with Gasteiger partial charge in [-0.05, 0) is 25.7 Å². The zero-order chi connectivity index (χ0) is 28.5. The van der Waals surface area contributed by atoms with Crippen molar-refractivity contribution in [3.8, 4) is 0 Å². The minimum absolute atomic E-state index is 0.242. The van der Waals surface area contributed by atoms with Crippen molar-refractivity contribution in [1.82, 2.24) is 0 Å². The van der Waals surface area contributed by atoms with Gasteiger partial charge in [-0.1, -0.05) is 156 Å². The van der Waals surface area contributed by atoms with E-state index in [2.05, 4.69) is 13.8 Å². The summed E-state index contributed by atoms with van der Waals surface area (Å²) in [6, 6.07) is 0. The summed E-state index contributed by atoms with van der Waals surface area (Å²) >= 11 is 0. The lowest BCUT2D eigenvalue weighted by Crippen LogP contribution is -2.47. The number of ether oxygens (including phenoxy) is 1. The molecule has 0 spiro atoms. The summed E-state index contributed by atoms with van der Waals surface area (Å²) in [5.74, 6) is -1.11. The first kappa shape index (κ1) is 37.3. The molecule has 0 rings (SSSR count). The molecule has 0 aliphatic rings. The van der Waals surface area contributed by atoms with E-state index in [0.717, 1.165) is 38.5 Å². The third kappa shape index (κ3) is 21.2. The lowest BCUT2D eigenvalue weighted by atomic mass is 9.86. The van der Waals surface area contributed by atoms with E-state index in [0.29, 0.717) is 6.42 Å². The van der Waals surface area contributed by atoms with Crippen molar-refractivity contribution in [2.45, 2.75) is 181 Å². The van der Waals surface area contributed by atoms with Crippen molar-refractivity contribution >= 4 is 16.4 Å². The molecule has 228 valence electrons. The number of esters is 1. The molecule has 2 unspecified atom stereocenters. The third-order valence-corrected chi connectivity index (χ3v) is 8.40. The summed E-state index contributed by atoms with van der Waals surface area (Å²) in [5, 5.41) is 0. The van der Waals surface area contributed by atoms with Crippen LogP contribution < -0.4 is 0 Å². The van der Waals surface area contributed by atoms with Crippen LogP contribution in [0.2, 0.25) is 0 Å². The van der Waals surface area contributed by atoms with E-state index in [4.69, 9.17) is 8.92 Å². The van der Waals surface area contributed by atoms with Gasteiger partial charge in [-0.15, -0.1) is 0 Å². The third-order valence-electron chi connectivity index (χ3n) is 7.85. The molecular formula is C31H62O6S. The van der Waals surface area contributed by atoms with Gasteiger partial charge in [0.25, 0.3) is 0 Å². The molecule has 0 amide bonds. The summed E-state index contributed by atoms with van der Waals surface area (Å²) in [5.41, 5.74) is -1.72. The maximum absolute atomic E-state index is 12.8. The molecule has 1 N–H and O–H groups in total. The smallest absolute Gasteiger partial charge is 0.398 e. The Hall–Kier alpha value is -0.660. The Balaban J connectivity index is 4.11. The quantitative estimate of drug-likeness (QED) is 0.0580. The molecule has 38 heavy (non-hydrogen) atoms. The zero-order valence-corrected chi connectivity index (χ0v) is 26.3. The van der Waals surface area contributed by atoms with Gasteiger partial charge in [0, 0.05) is 0 Å². The summed E-state index contributed by atoms with van der Waals surface area (Å²) in [6.07, 6.45) is 27.4. The lowest BCUT2D eigenvalue weighted by molar-refractivity contribution is -0.166.